The van der Waals surface area contributed by atoms with E-state index in [0.29, 0.717) is 11.2 Å². The van der Waals surface area contributed by atoms with Gasteiger partial charge in [-0.3, -0.25) is 9.78 Å². The molecule has 5 aromatic rings. The summed E-state index contributed by atoms with van der Waals surface area (Å²) in [5, 5.41) is 1.03. The summed E-state index contributed by atoms with van der Waals surface area (Å²) < 4.78 is 5.16. The Balaban J connectivity index is 1.82. The minimum Gasteiger partial charge on any atom is -0.491 e. The Kier molecular flexibility index (Phi) is 4.10. The molecule has 0 aliphatic heterocycles. The normalized spacial score (nSPS) is 11.2. The molecule has 1 aromatic carbocycles. The lowest BCUT2D eigenvalue weighted by atomic mass is 10.1. The number of methoxy groups -OCH3 is 1. The molecule has 0 bridgehead atoms. The largest absolute Gasteiger partial charge is 0.491 e. The van der Waals surface area contributed by atoms with Gasteiger partial charge >= 0.3 is 0 Å². The Morgan fingerprint density at radius 3 is 2.69 bits per heavy atom. The van der Waals surface area contributed by atoms with Crippen molar-refractivity contribution >= 4 is 33.4 Å². The highest BCUT2D eigenvalue weighted by Gasteiger charge is 2.17. The predicted octanol–water partition coefficient (Wildman–Crippen LogP) is 4.58. The SMILES string of the molecule is COc1cc2nc(-c3ccc4ncccc4c3)c(-c3ccc(C)s3)nc2[nH]c1=O. The number of aromatic nitrogens is 4. The number of pyridine rings is 2. The Hall–Kier alpha value is -3.58. The number of aromatic amines is 1. The van der Waals surface area contributed by atoms with E-state index >= 15 is 0 Å². The number of ether oxygens (including phenoxy) is 1. The van der Waals surface area contributed by atoms with Crippen LogP contribution in [0.5, 0.6) is 5.75 Å². The van der Waals surface area contributed by atoms with E-state index in [1.807, 2.05) is 30.3 Å². The number of aryl methyl sites for hydroxylation is 1. The van der Waals surface area contributed by atoms with Crippen LogP contribution in [0, 0.1) is 6.92 Å². The van der Waals surface area contributed by atoms with Gasteiger partial charge in [0.15, 0.2) is 11.4 Å². The second kappa shape index (κ2) is 6.79. The van der Waals surface area contributed by atoms with Gasteiger partial charge in [0.05, 0.1) is 23.2 Å². The van der Waals surface area contributed by atoms with Gasteiger partial charge < -0.3 is 9.72 Å². The minimum atomic E-state index is -0.327. The number of fused-ring (bicyclic) bond motifs is 2. The van der Waals surface area contributed by atoms with Gasteiger partial charge in [0, 0.05) is 28.1 Å². The highest BCUT2D eigenvalue weighted by molar-refractivity contribution is 7.15. The molecule has 6 nitrogen and oxygen atoms in total. The maximum absolute atomic E-state index is 12.2. The number of H-pyrrole nitrogens is 1. The lowest BCUT2D eigenvalue weighted by molar-refractivity contribution is 0.409. The van der Waals surface area contributed by atoms with Gasteiger partial charge in [-0.05, 0) is 37.3 Å². The summed E-state index contributed by atoms with van der Waals surface area (Å²) in [5.74, 6) is 0.208. The second-order valence-corrected chi connectivity index (χ2v) is 7.93. The van der Waals surface area contributed by atoms with Gasteiger partial charge in [-0.1, -0.05) is 12.1 Å². The van der Waals surface area contributed by atoms with E-state index in [9.17, 15) is 4.79 Å². The van der Waals surface area contributed by atoms with Gasteiger partial charge in [-0.15, -0.1) is 11.3 Å². The number of rotatable bonds is 3. The van der Waals surface area contributed by atoms with E-state index in [1.165, 1.54) is 12.0 Å². The maximum atomic E-state index is 12.2. The van der Waals surface area contributed by atoms with Crippen LogP contribution < -0.4 is 10.3 Å². The van der Waals surface area contributed by atoms with Crippen molar-refractivity contribution < 1.29 is 4.74 Å². The van der Waals surface area contributed by atoms with Crippen LogP contribution in [-0.2, 0) is 0 Å². The molecule has 0 atom stereocenters. The zero-order valence-electron chi connectivity index (χ0n) is 15.8. The molecule has 142 valence electrons. The Labute approximate surface area is 169 Å². The molecule has 0 unspecified atom stereocenters. The third-order valence-electron chi connectivity index (χ3n) is 4.72. The van der Waals surface area contributed by atoms with Crippen molar-refractivity contribution in [3.63, 3.8) is 0 Å². The van der Waals surface area contributed by atoms with Crippen molar-refractivity contribution in [2.75, 3.05) is 7.11 Å². The van der Waals surface area contributed by atoms with Crippen molar-refractivity contribution in [1.82, 2.24) is 19.9 Å². The van der Waals surface area contributed by atoms with Crippen LogP contribution in [0.4, 0.5) is 0 Å². The summed E-state index contributed by atoms with van der Waals surface area (Å²) in [6, 6.07) is 15.7. The first-order chi connectivity index (χ1) is 14.1. The van der Waals surface area contributed by atoms with E-state index in [-0.39, 0.29) is 11.3 Å². The fraction of sp³-hybridized carbons (Fsp3) is 0.0909. The van der Waals surface area contributed by atoms with E-state index in [2.05, 4.69) is 29.0 Å². The molecule has 0 radical (unpaired) electrons. The molecular weight excluding hydrogens is 384 g/mol. The van der Waals surface area contributed by atoms with Gasteiger partial charge in [0.1, 0.15) is 11.2 Å². The zero-order chi connectivity index (χ0) is 20.0. The quantitative estimate of drug-likeness (QED) is 0.479. The average Bonchev–Trinajstić information content (AvgIpc) is 3.18. The smallest absolute Gasteiger partial charge is 0.292 e. The van der Waals surface area contributed by atoms with Gasteiger partial charge in [-0.25, -0.2) is 9.97 Å². The molecular formula is C22H16N4O2S. The van der Waals surface area contributed by atoms with Crippen molar-refractivity contribution in [1.29, 1.82) is 0 Å². The van der Waals surface area contributed by atoms with Crippen molar-refractivity contribution in [3.8, 4) is 27.6 Å². The molecule has 5 rings (SSSR count). The standard InChI is InChI=1S/C22H16N4O2S/c1-12-5-8-18(29-12)20-19(14-6-7-15-13(10-14)4-3-9-23-15)24-16-11-17(28-2)22(27)26-21(16)25-20/h3-11H,1-2H3,(H,25,26,27). The third kappa shape index (κ3) is 3.05. The van der Waals surface area contributed by atoms with Crippen LogP contribution in [0.3, 0.4) is 0 Å². The molecule has 1 N–H and O–H groups in total. The van der Waals surface area contributed by atoms with Gasteiger partial charge in [0.25, 0.3) is 5.56 Å². The number of nitrogens with one attached hydrogen (secondary N) is 1. The first kappa shape index (κ1) is 17.5. The van der Waals surface area contributed by atoms with Crippen molar-refractivity contribution in [2.24, 2.45) is 0 Å². The van der Waals surface area contributed by atoms with Crippen molar-refractivity contribution in [2.45, 2.75) is 6.92 Å². The molecule has 7 heteroatoms. The van der Waals surface area contributed by atoms with Gasteiger partial charge in [0.2, 0.25) is 0 Å². The average molecular weight is 400 g/mol. The van der Waals surface area contributed by atoms with E-state index in [0.717, 1.165) is 32.7 Å². The van der Waals surface area contributed by atoms with Crippen LogP contribution in [0.2, 0.25) is 0 Å². The van der Waals surface area contributed by atoms with Crippen LogP contribution in [0.1, 0.15) is 4.88 Å². The lowest BCUT2D eigenvalue weighted by Crippen LogP contribution is -2.10. The zero-order valence-corrected chi connectivity index (χ0v) is 16.6. The Bertz CT molecular complexity index is 1440. The summed E-state index contributed by atoms with van der Waals surface area (Å²) in [7, 11) is 1.46. The van der Waals surface area contributed by atoms with E-state index in [4.69, 9.17) is 14.7 Å². The highest BCUT2D eigenvalue weighted by atomic mass is 32.1. The summed E-state index contributed by atoms with van der Waals surface area (Å²) >= 11 is 1.64. The number of thiophene rings is 1. The molecule has 0 aliphatic rings. The summed E-state index contributed by atoms with van der Waals surface area (Å²) in [6.07, 6.45) is 1.78. The highest BCUT2D eigenvalue weighted by Crippen LogP contribution is 2.35. The fourth-order valence-electron chi connectivity index (χ4n) is 3.31. The number of hydrogen-bond donors (Lipinski definition) is 1. The molecule has 4 aromatic heterocycles. The van der Waals surface area contributed by atoms with Crippen molar-refractivity contribution in [3.05, 3.63) is 70.0 Å². The summed E-state index contributed by atoms with van der Waals surface area (Å²) in [6.45, 7) is 2.05. The van der Waals surface area contributed by atoms with Crippen LogP contribution in [0.25, 0.3) is 43.9 Å². The molecule has 0 saturated heterocycles. The lowest BCUT2D eigenvalue weighted by Gasteiger charge is -2.10. The maximum Gasteiger partial charge on any atom is 0.292 e. The Morgan fingerprint density at radius 2 is 1.90 bits per heavy atom. The van der Waals surface area contributed by atoms with E-state index in [1.54, 1.807) is 23.6 Å². The monoisotopic (exact) mass is 400 g/mol. The molecule has 0 aliphatic carbocycles. The third-order valence-corrected chi connectivity index (χ3v) is 5.72. The van der Waals surface area contributed by atoms with Crippen LogP contribution in [-0.4, -0.2) is 27.0 Å². The van der Waals surface area contributed by atoms with E-state index < -0.39 is 0 Å². The number of hydrogen-bond acceptors (Lipinski definition) is 6. The second-order valence-electron chi connectivity index (χ2n) is 6.64. The minimum absolute atomic E-state index is 0.208. The topological polar surface area (TPSA) is 80.8 Å². The molecule has 29 heavy (non-hydrogen) atoms. The molecule has 0 spiro atoms. The fourth-order valence-corrected chi connectivity index (χ4v) is 4.17. The number of nitrogens with zero attached hydrogens (tertiary/aromatic N) is 3. The molecule has 0 amide bonds. The molecule has 0 fully saturated rings. The predicted molar refractivity (Wildman–Crippen MR) is 115 cm³/mol. The number of benzene rings is 1. The summed E-state index contributed by atoms with van der Waals surface area (Å²) in [4.78, 5) is 31.1. The molecule has 0 saturated carbocycles. The summed E-state index contributed by atoms with van der Waals surface area (Å²) in [5.41, 5.74) is 4.02. The van der Waals surface area contributed by atoms with Gasteiger partial charge in [-0.2, -0.15) is 0 Å². The molecule has 4 heterocycles. The Morgan fingerprint density at radius 1 is 1.00 bits per heavy atom. The first-order valence-corrected chi connectivity index (χ1v) is 9.85. The first-order valence-electron chi connectivity index (χ1n) is 9.03. The van der Waals surface area contributed by atoms with Crippen LogP contribution >= 0.6 is 11.3 Å². The van der Waals surface area contributed by atoms with Crippen LogP contribution in [0.15, 0.2) is 59.5 Å².